The minimum atomic E-state index is -0.696. The smallest absolute Gasteiger partial charge is 0.245 e. The molecule has 0 saturated heterocycles. The van der Waals surface area contributed by atoms with Crippen LogP contribution in [-0.2, 0) is 4.79 Å². The van der Waals surface area contributed by atoms with Gasteiger partial charge in [-0.2, -0.15) is 0 Å². The number of hydrogen-bond acceptors (Lipinski definition) is 3. The molecule has 0 aliphatic rings. The summed E-state index contributed by atoms with van der Waals surface area (Å²) < 4.78 is 0. The van der Waals surface area contributed by atoms with Crippen molar-refractivity contribution in [1.82, 2.24) is 4.98 Å². The van der Waals surface area contributed by atoms with Crippen LogP contribution in [0.3, 0.4) is 0 Å². The number of pyridine rings is 1. The van der Waals surface area contributed by atoms with Gasteiger partial charge < -0.3 is 10.8 Å². The van der Waals surface area contributed by atoms with Crippen LogP contribution in [0.4, 0.5) is 0 Å². The predicted octanol–water partition coefficient (Wildman–Crippen LogP) is 0.466. The molecule has 1 amide bonds. The molecule has 0 aliphatic carbocycles. The fourth-order valence-corrected chi connectivity index (χ4v) is 0.723. The third-order valence-electron chi connectivity index (χ3n) is 1.21. The van der Waals surface area contributed by atoms with Crippen molar-refractivity contribution in [2.24, 2.45) is 5.73 Å². The van der Waals surface area contributed by atoms with Crippen molar-refractivity contribution >= 4 is 11.7 Å². The first-order valence-corrected chi connectivity index (χ1v) is 3.31. The standard InChI is InChI=1S/C8H8N2O2/c9-8(12)5-7(11)6-3-1-2-4-10-6/h1-5,11H,(H2,9,12)/b7-5+. The second-order valence-electron chi connectivity index (χ2n) is 2.15. The van der Waals surface area contributed by atoms with Crippen LogP contribution in [-0.4, -0.2) is 16.0 Å². The van der Waals surface area contributed by atoms with E-state index in [0.29, 0.717) is 5.69 Å². The van der Waals surface area contributed by atoms with Crippen LogP contribution in [0.5, 0.6) is 0 Å². The molecule has 62 valence electrons. The van der Waals surface area contributed by atoms with E-state index in [0.717, 1.165) is 6.08 Å². The van der Waals surface area contributed by atoms with Crippen molar-refractivity contribution < 1.29 is 9.90 Å². The van der Waals surface area contributed by atoms with Crippen LogP contribution in [0, 0.1) is 0 Å². The first kappa shape index (κ1) is 8.26. The number of aromatic nitrogens is 1. The molecule has 4 heteroatoms. The number of aliphatic hydroxyl groups is 1. The van der Waals surface area contributed by atoms with Crippen molar-refractivity contribution in [3.05, 3.63) is 36.2 Å². The van der Waals surface area contributed by atoms with Crippen molar-refractivity contribution in [3.8, 4) is 0 Å². The van der Waals surface area contributed by atoms with Crippen LogP contribution in [0.1, 0.15) is 5.69 Å². The first-order valence-electron chi connectivity index (χ1n) is 3.31. The lowest BCUT2D eigenvalue weighted by Crippen LogP contribution is -2.07. The van der Waals surface area contributed by atoms with Gasteiger partial charge in [0, 0.05) is 12.3 Å². The highest BCUT2D eigenvalue weighted by atomic mass is 16.3. The molecule has 1 aromatic rings. The molecule has 0 radical (unpaired) electrons. The van der Waals surface area contributed by atoms with Gasteiger partial charge in [-0.25, -0.2) is 0 Å². The normalized spacial score (nSPS) is 11.2. The molecule has 1 rings (SSSR count). The van der Waals surface area contributed by atoms with Gasteiger partial charge in [-0.1, -0.05) is 6.07 Å². The van der Waals surface area contributed by atoms with Crippen LogP contribution in [0.2, 0.25) is 0 Å². The van der Waals surface area contributed by atoms with E-state index in [2.05, 4.69) is 4.98 Å². The summed E-state index contributed by atoms with van der Waals surface area (Å²) in [5, 5.41) is 9.19. The first-order chi connectivity index (χ1) is 5.70. The van der Waals surface area contributed by atoms with Gasteiger partial charge in [0.1, 0.15) is 11.5 Å². The number of amides is 1. The molecule has 0 aromatic carbocycles. The van der Waals surface area contributed by atoms with Gasteiger partial charge in [0.15, 0.2) is 0 Å². The van der Waals surface area contributed by atoms with Gasteiger partial charge in [-0.3, -0.25) is 9.78 Å². The maximum Gasteiger partial charge on any atom is 0.245 e. The van der Waals surface area contributed by atoms with E-state index in [4.69, 9.17) is 5.73 Å². The number of primary amides is 1. The summed E-state index contributed by atoms with van der Waals surface area (Å²) in [6.07, 6.45) is 2.43. The zero-order chi connectivity index (χ0) is 8.97. The van der Waals surface area contributed by atoms with Crippen LogP contribution < -0.4 is 5.73 Å². The Kier molecular flexibility index (Phi) is 2.42. The molecule has 4 nitrogen and oxygen atoms in total. The third-order valence-corrected chi connectivity index (χ3v) is 1.21. The van der Waals surface area contributed by atoms with Gasteiger partial charge in [0.05, 0.1) is 0 Å². The highest BCUT2D eigenvalue weighted by molar-refractivity contribution is 5.91. The van der Waals surface area contributed by atoms with Gasteiger partial charge in [0.2, 0.25) is 5.91 Å². The molecule has 0 saturated carbocycles. The summed E-state index contributed by atoms with van der Waals surface area (Å²) in [5.74, 6) is -0.916. The molecule has 1 aromatic heterocycles. The number of rotatable bonds is 2. The molecule has 3 N–H and O–H groups in total. The van der Waals surface area contributed by atoms with Gasteiger partial charge in [-0.05, 0) is 12.1 Å². The Balaban J connectivity index is 2.93. The lowest BCUT2D eigenvalue weighted by atomic mass is 10.3. The highest BCUT2D eigenvalue weighted by Crippen LogP contribution is 2.05. The summed E-state index contributed by atoms with van der Waals surface area (Å²) in [4.78, 5) is 14.1. The topological polar surface area (TPSA) is 76.2 Å². The second-order valence-corrected chi connectivity index (χ2v) is 2.15. The Labute approximate surface area is 69.4 Å². The van der Waals surface area contributed by atoms with E-state index in [1.165, 1.54) is 6.20 Å². The molecule has 0 unspecified atom stereocenters. The predicted molar refractivity (Wildman–Crippen MR) is 44.0 cm³/mol. The largest absolute Gasteiger partial charge is 0.505 e. The minimum Gasteiger partial charge on any atom is -0.505 e. The van der Waals surface area contributed by atoms with Crippen molar-refractivity contribution in [2.45, 2.75) is 0 Å². The zero-order valence-corrected chi connectivity index (χ0v) is 6.27. The van der Waals surface area contributed by atoms with E-state index in [-0.39, 0.29) is 5.76 Å². The molecule has 0 fully saturated rings. The van der Waals surface area contributed by atoms with E-state index in [1.807, 2.05) is 0 Å². The lowest BCUT2D eigenvalue weighted by molar-refractivity contribution is -0.113. The molecular weight excluding hydrogens is 156 g/mol. The fraction of sp³-hybridized carbons (Fsp3) is 0. The zero-order valence-electron chi connectivity index (χ0n) is 6.27. The van der Waals surface area contributed by atoms with Gasteiger partial charge in [0.25, 0.3) is 0 Å². The third kappa shape index (κ3) is 2.09. The molecule has 0 aliphatic heterocycles. The summed E-state index contributed by atoms with van der Waals surface area (Å²) in [6.45, 7) is 0. The Bertz CT molecular complexity index is 306. The molecule has 12 heavy (non-hydrogen) atoms. The molecular formula is C8H8N2O2. The number of nitrogens with zero attached hydrogens (tertiary/aromatic N) is 1. The molecule has 1 heterocycles. The number of carbonyl (C=O) groups is 1. The Morgan fingerprint density at radius 2 is 2.33 bits per heavy atom. The SMILES string of the molecule is NC(=O)/C=C(/O)c1ccccn1. The molecule has 0 bridgehead atoms. The van der Waals surface area contributed by atoms with Crippen molar-refractivity contribution in [2.75, 3.05) is 0 Å². The van der Waals surface area contributed by atoms with Crippen LogP contribution in [0.15, 0.2) is 30.5 Å². The monoisotopic (exact) mass is 164 g/mol. The van der Waals surface area contributed by atoms with Crippen molar-refractivity contribution in [3.63, 3.8) is 0 Å². The van der Waals surface area contributed by atoms with Gasteiger partial charge in [-0.15, -0.1) is 0 Å². The average molecular weight is 164 g/mol. The number of nitrogens with two attached hydrogens (primary N) is 1. The number of hydrogen-bond donors (Lipinski definition) is 2. The summed E-state index contributed by atoms with van der Waals surface area (Å²) in [5.41, 5.74) is 5.16. The van der Waals surface area contributed by atoms with Crippen molar-refractivity contribution in [1.29, 1.82) is 0 Å². The Morgan fingerprint density at radius 3 is 2.83 bits per heavy atom. The van der Waals surface area contributed by atoms with E-state index in [1.54, 1.807) is 18.2 Å². The molecule has 0 atom stereocenters. The minimum absolute atomic E-state index is 0.219. The van der Waals surface area contributed by atoms with Crippen LogP contribution >= 0.6 is 0 Å². The quantitative estimate of drug-likeness (QED) is 0.492. The maximum absolute atomic E-state index is 10.3. The Morgan fingerprint density at radius 1 is 1.58 bits per heavy atom. The summed E-state index contributed by atoms with van der Waals surface area (Å²) in [6, 6.07) is 4.99. The number of carbonyl (C=O) groups excluding carboxylic acids is 1. The van der Waals surface area contributed by atoms with E-state index < -0.39 is 5.91 Å². The maximum atomic E-state index is 10.3. The summed E-state index contributed by atoms with van der Waals surface area (Å²) in [7, 11) is 0. The number of aliphatic hydroxyl groups excluding tert-OH is 1. The summed E-state index contributed by atoms with van der Waals surface area (Å²) >= 11 is 0. The molecule has 0 spiro atoms. The lowest BCUT2D eigenvalue weighted by Gasteiger charge is -1.95. The van der Waals surface area contributed by atoms with E-state index >= 15 is 0 Å². The van der Waals surface area contributed by atoms with Crippen LogP contribution in [0.25, 0.3) is 5.76 Å². The van der Waals surface area contributed by atoms with Gasteiger partial charge >= 0.3 is 0 Å². The average Bonchev–Trinajstić information content (AvgIpc) is 2.05. The van der Waals surface area contributed by atoms with E-state index in [9.17, 15) is 9.90 Å². The Hall–Kier alpha value is -1.84. The highest BCUT2D eigenvalue weighted by Gasteiger charge is 1.99. The fourth-order valence-electron chi connectivity index (χ4n) is 0.723. The second kappa shape index (κ2) is 3.52.